The van der Waals surface area contributed by atoms with E-state index in [0.29, 0.717) is 19.6 Å². The number of likely N-dealkylation sites (tertiary alicyclic amines) is 1. The molecule has 0 aromatic heterocycles. The highest BCUT2D eigenvalue weighted by Gasteiger charge is 2.25. The average Bonchev–Trinajstić information content (AvgIpc) is 2.98. The molecule has 1 fully saturated rings. The fraction of sp³-hybridized carbons (Fsp3) is 0.533. The van der Waals surface area contributed by atoms with Gasteiger partial charge >= 0.3 is 6.03 Å². The van der Waals surface area contributed by atoms with E-state index in [-0.39, 0.29) is 24.7 Å². The third-order valence-electron chi connectivity index (χ3n) is 3.73. The maximum Gasteiger partial charge on any atom is 0.317 e. The zero-order valence-electron chi connectivity index (χ0n) is 11.8. The summed E-state index contributed by atoms with van der Waals surface area (Å²) in [6.07, 6.45) is 0.729. The van der Waals surface area contributed by atoms with E-state index in [2.05, 4.69) is 5.32 Å². The van der Waals surface area contributed by atoms with Crippen LogP contribution in [0.2, 0.25) is 0 Å². The summed E-state index contributed by atoms with van der Waals surface area (Å²) in [6, 6.07) is 9.74. The van der Waals surface area contributed by atoms with E-state index in [1.807, 2.05) is 30.3 Å². The third-order valence-corrected chi connectivity index (χ3v) is 3.73. The topological polar surface area (TPSA) is 61.8 Å². The van der Waals surface area contributed by atoms with Crippen molar-refractivity contribution < 1.29 is 14.6 Å². The maximum absolute atomic E-state index is 12.0. The molecule has 2 rings (SSSR count). The molecule has 0 radical (unpaired) electrons. The van der Waals surface area contributed by atoms with Gasteiger partial charge in [-0.05, 0) is 12.0 Å². The quantitative estimate of drug-likeness (QED) is 0.856. The molecule has 2 atom stereocenters. The maximum atomic E-state index is 12.0. The summed E-state index contributed by atoms with van der Waals surface area (Å²) in [5.41, 5.74) is 1.05. The highest BCUT2D eigenvalue weighted by Crippen LogP contribution is 2.17. The zero-order chi connectivity index (χ0) is 14.4. The van der Waals surface area contributed by atoms with Gasteiger partial charge in [-0.1, -0.05) is 30.3 Å². The Balaban J connectivity index is 1.83. The smallest absolute Gasteiger partial charge is 0.317 e. The predicted molar refractivity (Wildman–Crippen MR) is 76.4 cm³/mol. The number of hydrogen-bond acceptors (Lipinski definition) is 3. The van der Waals surface area contributed by atoms with E-state index in [1.54, 1.807) is 12.0 Å². The molecule has 5 heteroatoms. The first-order valence-electron chi connectivity index (χ1n) is 6.96. The van der Waals surface area contributed by atoms with Crippen molar-refractivity contribution >= 4 is 6.03 Å². The summed E-state index contributed by atoms with van der Waals surface area (Å²) >= 11 is 0. The van der Waals surface area contributed by atoms with Gasteiger partial charge in [0, 0.05) is 39.3 Å². The fourth-order valence-corrected chi connectivity index (χ4v) is 2.46. The van der Waals surface area contributed by atoms with Gasteiger partial charge in [0.1, 0.15) is 0 Å². The van der Waals surface area contributed by atoms with Crippen molar-refractivity contribution in [3.8, 4) is 0 Å². The van der Waals surface area contributed by atoms with Crippen LogP contribution in [-0.4, -0.2) is 49.4 Å². The molecule has 2 N–H and O–H groups in total. The molecule has 0 bridgehead atoms. The number of hydrogen-bond donors (Lipinski definition) is 2. The Morgan fingerprint density at radius 2 is 2.25 bits per heavy atom. The van der Waals surface area contributed by atoms with Crippen molar-refractivity contribution in [2.75, 3.05) is 33.4 Å². The van der Waals surface area contributed by atoms with Gasteiger partial charge in [0.05, 0.1) is 6.10 Å². The average molecular weight is 278 g/mol. The summed E-state index contributed by atoms with van der Waals surface area (Å²) < 4.78 is 5.42. The molecule has 0 aliphatic carbocycles. The van der Waals surface area contributed by atoms with Crippen molar-refractivity contribution in [1.29, 1.82) is 0 Å². The number of urea groups is 1. The lowest BCUT2D eigenvalue weighted by Gasteiger charge is -2.20. The summed E-state index contributed by atoms with van der Waals surface area (Å²) in [5.74, 6) is 0.216. The number of rotatable bonds is 5. The molecule has 1 aromatic carbocycles. The number of benzene rings is 1. The second kappa shape index (κ2) is 7.26. The van der Waals surface area contributed by atoms with E-state index in [1.165, 1.54) is 0 Å². The lowest BCUT2D eigenvalue weighted by Crippen LogP contribution is -2.40. The highest BCUT2D eigenvalue weighted by atomic mass is 16.5. The lowest BCUT2D eigenvalue weighted by atomic mass is 10.1. The first-order chi connectivity index (χ1) is 9.74. The monoisotopic (exact) mass is 278 g/mol. The molecule has 20 heavy (non-hydrogen) atoms. The van der Waals surface area contributed by atoms with Crippen LogP contribution in [0.5, 0.6) is 0 Å². The van der Waals surface area contributed by atoms with Crippen LogP contribution >= 0.6 is 0 Å². The van der Waals surface area contributed by atoms with Crippen molar-refractivity contribution in [3.05, 3.63) is 35.9 Å². The van der Waals surface area contributed by atoms with Gasteiger partial charge in [-0.15, -0.1) is 0 Å². The largest absolute Gasteiger partial charge is 0.396 e. The van der Waals surface area contributed by atoms with E-state index >= 15 is 0 Å². The number of carbonyl (C=O) groups is 1. The Kier molecular flexibility index (Phi) is 5.38. The SMILES string of the molecule is COC(CNC(=O)N1CCC(CO)C1)c1ccccc1. The van der Waals surface area contributed by atoms with Gasteiger partial charge in [-0.25, -0.2) is 4.79 Å². The second-order valence-corrected chi connectivity index (χ2v) is 5.10. The standard InChI is InChI=1S/C15H22N2O3/c1-20-14(13-5-3-2-4-6-13)9-16-15(19)17-8-7-12(10-17)11-18/h2-6,12,14,18H,7-11H2,1H3,(H,16,19). The molecular formula is C15H22N2O3. The molecule has 1 saturated heterocycles. The Hall–Kier alpha value is -1.59. The number of nitrogens with zero attached hydrogens (tertiary/aromatic N) is 1. The molecule has 1 heterocycles. The van der Waals surface area contributed by atoms with Crippen LogP contribution in [0.25, 0.3) is 0 Å². The Labute approximate surface area is 119 Å². The van der Waals surface area contributed by atoms with E-state index in [0.717, 1.165) is 12.0 Å². The minimum absolute atomic E-state index is 0.0843. The van der Waals surface area contributed by atoms with Gasteiger partial charge in [-0.3, -0.25) is 0 Å². The molecular weight excluding hydrogens is 256 g/mol. The lowest BCUT2D eigenvalue weighted by molar-refractivity contribution is 0.102. The minimum Gasteiger partial charge on any atom is -0.396 e. The van der Waals surface area contributed by atoms with Gasteiger partial charge in [0.15, 0.2) is 0 Å². The molecule has 1 aliphatic rings. The van der Waals surface area contributed by atoms with Gasteiger partial charge in [0.25, 0.3) is 0 Å². The number of carbonyl (C=O) groups excluding carboxylic acids is 1. The molecule has 0 saturated carbocycles. The Morgan fingerprint density at radius 3 is 2.85 bits per heavy atom. The number of nitrogens with one attached hydrogen (secondary N) is 1. The number of aliphatic hydroxyl groups is 1. The Morgan fingerprint density at radius 1 is 1.50 bits per heavy atom. The van der Waals surface area contributed by atoms with Crippen molar-refractivity contribution in [2.24, 2.45) is 5.92 Å². The molecule has 1 aromatic rings. The first-order valence-corrected chi connectivity index (χ1v) is 6.96. The minimum atomic E-state index is -0.142. The third kappa shape index (κ3) is 3.71. The van der Waals surface area contributed by atoms with Crippen molar-refractivity contribution in [3.63, 3.8) is 0 Å². The summed E-state index contributed by atoms with van der Waals surface area (Å²) in [5, 5.41) is 12.0. The van der Waals surface area contributed by atoms with Crippen molar-refractivity contribution in [1.82, 2.24) is 10.2 Å². The molecule has 1 aliphatic heterocycles. The number of ether oxygens (including phenoxy) is 1. The summed E-state index contributed by atoms with van der Waals surface area (Å²) in [4.78, 5) is 13.8. The highest BCUT2D eigenvalue weighted by molar-refractivity contribution is 5.74. The molecule has 2 unspecified atom stereocenters. The van der Waals surface area contributed by atoms with E-state index in [4.69, 9.17) is 9.84 Å². The predicted octanol–water partition coefficient (Wildman–Crippen LogP) is 1.40. The van der Waals surface area contributed by atoms with Crippen LogP contribution in [0.1, 0.15) is 18.1 Å². The number of methoxy groups -OCH3 is 1. The molecule has 2 amide bonds. The summed E-state index contributed by atoms with van der Waals surface area (Å²) in [7, 11) is 1.64. The normalized spacial score (nSPS) is 19.9. The molecule has 110 valence electrons. The van der Waals surface area contributed by atoms with Crippen LogP contribution in [-0.2, 0) is 4.74 Å². The van der Waals surface area contributed by atoms with Crippen LogP contribution in [0.4, 0.5) is 4.79 Å². The first kappa shape index (κ1) is 14.8. The van der Waals surface area contributed by atoms with Crippen molar-refractivity contribution in [2.45, 2.75) is 12.5 Å². The van der Waals surface area contributed by atoms with Crippen LogP contribution in [0.15, 0.2) is 30.3 Å². The van der Waals surface area contributed by atoms with Crippen LogP contribution in [0, 0.1) is 5.92 Å². The van der Waals surface area contributed by atoms with Crippen LogP contribution in [0.3, 0.4) is 0 Å². The summed E-state index contributed by atoms with van der Waals surface area (Å²) in [6.45, 7) is 1.93. The van der Waals surface area contributed by atoms with Gasteiger partial charge < -0.3 is 20.1 Å². The van der Waals surface area contributed by atoms with Gasteiger partial charge in [0.2, 0.25) is 0 Å². The van der Waals surface area contributed by atoms with Crippen LogP contribution < -0.4 is 5.32 Å². The second-order valence-electron chi connectivity index (χ2n) is 5.10. The zero-order valence-corrected chi connectivity index (χ0v) is 11.8. The fourth-order valence-electron chi connectivity index (χ4n) is 2.46. The molecule has 5 nitrogen and oxygen atoms in total. The Bertz CT molecular complexity index is 424. The molecule has 0 spiro atoms. The number of aliphatic hydroxyl groups excluding tert-OH is 1. The van der Waals surface area contributed by atoms with E-state index < -0.39 is 0 Å². The van der Waals surface area contributed by atoms with Gasteiger partial charge in [-0.2, -0.15) is 0 Å². The number of amides is 2. The van der Waals surface area contributed by atoms with E-state index in [9.17, 15) is 4.79 Å².